The summed E-state index contributed by atoms with van der Waals surface area (Å²) in [7, 11) is 0. The maximum atomic E-state index is 12.9. The van der Waals surface area contributed by atoms with Crippen molar-refractivity contribution in [1.82, 2.24) is 10.3 Å². The second-order valence-electron chi connectivity index (χ2n) is 5.24. The number of alkyl halides is 3. The molecule has 1 unspecified atom stereocenters. The van der Waals surface area contributed by atoms with E-state index in [-0.39, 0.29) is 5.39 Å². The SMILES string of the molecule is FC(F)(F)c1cncc2cc(CC3CCCN3)ccc12. The second kappa shape index (κ2) is 5.05. The Labute approximate surface area is 115 Å². The summed E-state index contributed by atoms with van der Waals surface area (Å²) in [6.45, 7) is 1.03. The van der Waals surface area contributed by atoms with Gasteiger partial charge in [0.1, 0.15) is 0 Å². The predicted molar refractivity (Wildman–Crippen MR) is 71.5 cm³/mol. The van der Waals surface area contributed by atoms with Gasteiger partial charge in [0.05, 0.1) is 5.56 Å². The van der Waals surface area contributed by atoms with Gasteiger partial charge in [-0.2, -0.15) is 13.2 Å². The second-order valence-corrected chi connectivity index (χ2v) is 5.24. The van der Waals surface area contributed by atoms with Crippen LogP contribution in [0.25, 0.3) is 10.8 Å². The van der Waals surface area contributed by atoms with Crippen LogP contribution in [0.5, 0.6) is 0 Å². The first-order chi connectivity index (χ1) is 9.54. The number of fused-ring (bicyclic) bond motifs is 1. The molecule has 1 aromatic carbocycles. The van der Waals surface area contributed by atoms with E-state index in [0.717, 1.165) is 37.6 Å². The molecule has 1 fully saturated rings. The van der Waals surface area contributed by atoms with E-state index in [1.165, 1.54) is 6.20 Å². The minimum absolute atomic E-state index is 0.218. The zero-order valence-electron chi connectivity index (χ0n) is 10.9. The van der Waals surface area contributed by atoms with Crippen molar-refractivity contribution in [3.8, 4) is 0 Å². The van der Waals surface area contributed by atoms with E-state index in [0.29, 0.717) is 11.4 Å². The number of nitrogens with one attached hydrogen (secondary N) is 1. The molecule has 1 N–H and O–H groups in total. The number of rotatable bonds is 2. The summed E-state index contributed by atoms with van der Waals surface area (Å²) in [5, 5.41) is 4.16. The summed E-state index contributed by atoms with van der Waals surface area (Å²) in [6.07, 6.45) is 1.17. The van der Waals surface area contributed by atoms with Crippen LogP contribution in [-0.2, 0) is 12.6 Å². The summed E-state index contributed by atoms with van der Waals surface area (Å²) in [5.41, 5.74) is 0.388. The highest BCUT2D eigenvalue weighted by Gasteiger charge is 2.32. The molecule has 20 heavy (non-hydrogen) atoms. The van der Waals surface area contributed by atoms with E-state index in [1.54, 1.807) is 12.1 Å². The fourth-order valence-electron chi connectivity index (χ4n) is 2.79. The molecule has 106 valence electrons. The van der Waals surface area contributed by atoms with Crippen LogP contribution in [-0.4, -0.2) is 17.6 Å². The quantitative estimate of drug-likeness (QED) is 0.910. The van der Waals surface area contributed by atoms with Gasteiger partial charge in [0.25, 0.3) is 0 Å². The number of hydrogen-bond acceptors (Lipinski definition) is 2. The lowest BCUT2D eigenvalue weighted by molar-refractivity contribution is -0.136. The molecule has 1 aliphatic rings. The molecule has 1 aromatic heterocycles. The van der Waals surface area contributed by atoms with Crippen molar-refractivity contribution in [2.24, 2.45) is 0 Å². The van der Waals surface area contributed by atoms with Crippen molar-refractivity contribution in [1.29, 1.82) is 0 Å². The first-order valence-electron chi connectivity index (χ1n) is 6.71. The van der Waals surface area contributed by atoms with E-state index in [4.69, 9.17) is 0 Å². The molecule has 0 aliphatic carbocycles. The van der Waals surface area contributed by atoms with Gasteiger partial charge in [-0.3, -0.25) is 4.98 Å². The Morgan fingerprint density at radius 1 is 1.25 bits per heavy atom. The minimum atomic E-state index is -4.36. The lowest BCUT2D eigenvalue weighted by Gasteiger charge is -2.13. The van der Waals surface area contributed by atoms with Crippen LogP contribution in [0.1, 0.15) is 24.0 Å². The normalized spacial score (nSPS) is 19.6. The fraction of sp³-hybridized carbons (Fsp3) is 0.400. The summed E-state index contributed by atoms with van der Waals surface area (Å²) >= 11 is 0. The fourth-order valence-corrected chi connectivity index (χ4v) is 2.79. The molecule has 2 aromatic rings. The van der Waals surface area contributed by atoms with Gasteiger partial charge in [0.15, 0.2) is 0 Å². The van der Waals surface area contributed by atoms with Crippen molar-refractivity contribution in [3.63, 3.8) is 0 Å². The van der Waals surface area contributed by atoms with Gasteiger partial charge in [-0.15, -0.1) is 0 Å². The van der Waals surface area contributed by atoms with E-state index < -0.39 is 11.7 Å². The third-order valence-electron chi connectivity index (χ3n) is 3.77. The molecule has 2 nitrogen and oxygen atoms in total. The Balaban J connectivity index is 1.95. The Morgan fingerprint density at radius 2 is 2.10 bits per heavy atom. The Bertz CT molecular complexity index is 616. The molecule has 1 aliphatic heterocycles. The molecule has 1 saturated heterocycles. The number of pyridine rings is 1. The Morgan fingerprint density at radius 3 is 2.80 bits per heavy atom. The summed E-state index contributed by atoms with van der Waals surface area (Å²) in [4.78, 5) is 3.72. The maximum Gasteiger partial charge on any atom is 0.418 e. The highest BCUT2D eigenvalue weighted by Crippen LogP contribution is 2.34. The summed E-state index contributed by atoms with van der Waals surface area (Å²) < 4.78 is 38.7. The Hall–Kier alpha value is -1.62. The average molecular weight is 280 g/mol. The Kier molecular flexibility index (Phi) is 3.38. The van der Waals surface area contributed by atoms with Gasteiger partial charge < -0.3 is 5.32 Å². The van der Waals surface area contributed by atoms with Crippen molar-refractivity contribution in [2.75, 3.05) is 6.54 Å². The van der Waals surface area contributed by atoms with Crippen molar-refractivity contribution < 1.29 is 13.2 Å². The number of nitrogens with zero attached hydrogens (tertiary/aromatic N) is 1. The molecular weight excluding hydrogens is 265 g/mol. The van der Waals surface area contributed by atoms with Gasteiger partial charge in [-0.25, -0.2) is 0 Å². The molecule has 3 rings (SSSR count). The molecule has 1 atom stereocenters. The summed E-state index contributed by atoms with van der Waals surface area (Å²) in [5.74, 6) is 0. The molecule has 0 bridgehead atoms. The van der Waals surface area contributed by atoms with Gasteiger partial charge >= 0.3 is 6.18 Å². The van der Waals surface area contributed by atoms with Crippen LogP contribution in [0.2, 0.25) is 0 Å². The summed E-state index contributed by atoms with van der Waals surface area (Å²) in [6, 6.07) is 5.60. The predicted octanol–water partition coefficient (Wildman–Crippen LogP) is 3.55. The molecule has 0 amide bonds. The van der Waals surface area contributed by atoms with Gasteiger partial charge in [-0.1, -0.05) is 12.1 Å². The average Bonchev–Trinajstić information content (AvgIpc) is 2.89. The van der Waals surface area contributed by atoms with Crippen molar-refractivity contribution >= 4 is 10.8 Å². The van der Waals surface area contributed by atoms with Crippen molar-refractivity contribution in [3.05, 3.63) is 41.7 Å². The first-order valence-corrected chi connectivity index (χ1v) is 6.71. The number of benzene rings is 1. The molecule has 5 heteroatoms. The number of aromatic nitrogens is 1. The van der Waals surface area contributed by atoms with Crippen molar-refractivity contribution in [2.45, 2.75) is 31.5 Å². The highest BCUT2D eigenvalue weighted by atomic mass is 19.4. The van der Waals surface area contributed by atoms with E-state index in [2.05, 4.69) is 10.3 Å². The van der Waals surface area contributed by atoms with Crippen LogP contribution in [0.4, 0.5) is 13.2 Å². The van der Waals surface area contributed by atoms with Crippen LogP contribution >= 0.6 is 0 Å². The number of hydrogen-bond donors (Lipinski definition) is 1. The largest absolute Gasteiger partial charge is 0.418 e. The molecule has 0 saturated carbocycles. The van der Waals surface area contributed by atoms with Crippen LogP contribution in [0, 0.1) is 0 Å². The highest BCUT2D eigenvalue weighted by molar-refractivity contribution is 5.85. The molecular formula is C15H15F3N2. The van der Waals surface area contributed by atoms with Crippen LogP contribution in [0.3, 0.4) is 0 Å². The first kappa shape index (κ1) is 13.4. The van der Waals surface area contributed by atoms with Crippen LogP contribution < -0.4 is 5.32 Å². The topological polar surface area (TPSA) is 24.9 Å². The smallest absolute Gasteiger partial charge is 0.314 e. The van der Waals surface area contributed by atoms with E-state index >= 15 is 0 Å². The van der Waals surface area contributed by atoms with Crippen LogP contribution in [0.15, 0.2) is 30.6 Å². The van der Waals surface area contributed by atoms with E-state index in [1.807, 2.05) is 6.07 Å². The van der Waals surface area contributed by atoms with E-state index in [9.17, 15) is 13.2 Å². The van der Waals surface area contributed by atoms with Gasteiger partial charge in [-0.05, 0) is 42.8 Å². The lowest BCUT2D eigenvalue weighted by atomic mass is 10.00. The minimum Gasteiger partial charge on any atom is -0.314 e. The zero-order chi connectivity index (χ0) is 14.2. The molecule has 2 heterocycles. The van der Waals surface area contributed by atoms with Gasteiger partial charge in [0, 0.05) is 23.8 Å². The molecule has 0 radical (unpaired) electrons. The third-order valence-corrected chi connectivity index (χ3v) is 3.77. The van der Waals surface area contributed by atoms with Gasteiger partial charge in [0.2, 0.25) is 0 Å². The monoisotopic (exact) mass is 280 g/mol. The number of halogens is 3. The standard InChI is InChI=1S/C15H15F3N2/c16-15(17,18)14-9-19-8-11-6-10(3-4-13(11)14)7-12-2-1-5-20-12/h3-4,6,8-9,12,20H,1-2,5,7H2. The maximum absolute atomic E-state index is 12.9. The third kappa shape index (κ3) is 2.63. The molecule has 0 spiro atoms. The zero-order valence-corrected chi connectivity index (χ0v) is 10.9. The lowest BCUT2D eigenvalue weighted by Crippen LogP contribution is -2.23.